The van der Waals surface area contributed by atoms with Crippen LogP contribution in [0, 0.1) is 0 Å². The summed E-state index contributed by atoms with van der Waals surface area (Å²) in [6, 6.07) is 14.8. The average molecular weight is 441 g/mol. The van der Waals surface area contributed by atoms with Gasteiger partial charge in [-0.05, 0) is 62.1 Å². The third-order valence-electron chi connectivity index (χ3n) is 5.12. The van der Waals surface area contributed by atoms with Crippen LogP contribution in [-0.2, 0) is 0 Å². The molecular weight excluding hydrogens is 420 g/mol. The molecule has 1 atom stereocenters. The van der Waals surface area contributed by atoms with Crippen LogP contribution in [-0.4, -0.2) is 33.9 Å². The zero-order valence-corrected chi connectivity index (χ0v) is 18.4. The zero-order valence-electron chi connectivity index (χ0n) is 16.8. The average Bonchev–Trinajstić information content (AvgIpc) is 3.24. The standard InChI is InChI=1S/C22H21ClN4O2S/c1-4-27-13(2)18(19(24-22(27)28)14-5-9-16(23)10-6-14)21-25-20(26-29-21)15-7-11-17(30-3)12-8-15/h5-12,19H,4H2,1-3H3,(H,24,28). The van der Waals surface area contributed by atoms with Crippen LogP contribution in [0.4, 0.5) is 4.79 Å². The molecule has 2 heterocycles. The molecule has 1 aliphatic rings. The number of amides is 2. The van der Waals surface area contributed by atoms with E-state index in [9.17, 15) is 4.79 Å². The number of hydrogen-bond donors (Lipinski definition) is 1. The van der Waals surface area contributed by atoms with Gasteiger partial charge in [-0.2, -0.15) is 4.98 Å². The molecule has 0 spiro atoms. The van der Waals surface area contributed by atoms with E-state index in [0.29, 0.717) is 23.3 Å². The monoisotopic (exact) mass is 440 g/mol. The number of thioether (sulfide) groups is 1. The van der Waals surface area contributed by atoms with E-state index in [4.69, 9.17) is 16.1 Å². The van der Waals surface area contributed by atoms with Gasteiger partial charge in [0.15, 0.2) is 0 Å². The topological polar surface area (TPSA) is 71.3 Å². The molecule has 1 aromatic heterocycles. The van der Waals surface area contributed by atoms with Crippen LogP contribution < -0.4 is 5.32 Å². The summed E-state index contributed by atoms with van der Waals surface area (Å²) in [6.07, 6.45) is 2.03. The first-order valence-electron chi connectivity index (χ1n) is 9.54. The van der Waals surface area contributed by atoms with Gasteiger partial charge in [-0.15, -0.1) is 11.8 Å². The molecule has 1 aliphatic heterocycles. The lowest BCUT2D eigenvalue weighted by Crippen LogP contribution is -2.45. The number of hydrogen-bond acceptors (Lipinski definition) is 5. The smallest absolute Gasteiger partial charge is 0.322 e. The maximum atomic E-state index is 12.6. The molecule has 1 N–H and O–H groups in total. The van der Waals surface area contributed by atoms with Gasteiger partial charge in [-0.3, -0.25) is 4.90 Å². The number of carbonyl (C=O) groups is 1. The molecule has 1 unspecified atom stereocenters. The fourth-order valence-corrected chi connectivity index (χ4v) is 4.07. The number of carbonyl (C=O) groups excluding carboxylic acids is 1. The number of nitrogens with one attached hydrogen (secondary N) is 1. The first-order valence-corrected chi connectivity index (χ1v) is 11.1. The summed E-state index contributed by atoms with van der Waals surface area (Å²) in [5, 5.41) is 7.87. The second-order valence-electron chi connectivity index (χ2n) is 6.83. The van der Waals surface area contributed by atoms with E-state index in [1.807, 2.05) is 56.5 Å². The highest BCUT2D eigenvalue weighted by molar-refractivity contribution is 7.98. The Morgan fingerprint density at radius 3 is 2.50 bits per heavy atom. The van der Waals surface area contributed by atoms with E-state index < -0.39 is 6.04 Å². The van der Waals surface area contributed by atoms with Crippen LogP contribution in [0.1, 0.15) is 31.3 Å². The van der Waals surface area contributed by atoms with E-state index in [0.717, 1.165) is 27.3 Å². The zero-order chi connectivity index (χ0) is 21.3. The molecule has 4 rings (SSSR count). The Hall–Kier alpha value is -2.77. The predicted octanol–water partition coefficient (Wildman–Crippen LogP) is 5.63. The molecule has 154 valence electrons. The summed E-state index contributed by atoms with van der Waals surface area (Å²) in [4.78, 5) is 20.1. The summed E-state index contributed by atoms with van der Waals surface area (Å²) < 4.78 is 5.66. The summed E-state index contributed by atoms with van der Waals surface area (Å²) in [7, 11) is 0. The molecule has 2 aromatic carbocycles. The van der Waals surface area contributed by atoms with Crippen LogP contribution in [0.3, 0.4) is 0 Å². The fourth-order valence-electron chi connectivity index (χ4n) is 3.53. The van der Waals surface area contributed by atoms with Gasteiger partial charge in [-0.25, -0.2) is 4.79 Å². The van der Waals surface area contributed by atoms with Crippen molar-refractivity contribution in [3.63, 3.8) is 0 Å². The highest BCUT2D eigenvalue weighted by Crippen LogP contribution is 2.37. The van der Waals surface area contributed by atoms with Gasteiger partial charge in [0.1, 0.15) is 0 Å². The minimum Gasteiger partial charge on any atom is -0.334 e. The molecular formula is C22H21ClN4O2S. The third-order valence-corrected chi connectivity index (χ3v) is 6.12. The molecule has 0 fully saturated rings. The lowest BCUT2D eigenvalue weighted by Gasteiger charge is -2.34. The highest BCUT2D eigenvalue weighted by atomic mass is 35.5. The van der Waals surface area contributed by atoms with Crippen molar-refractivity contribution in [3.8, 4) is 11.4 Å². The third kappa shape index (κ3) is 3.82. The molecule has 2 amide bonds. The van der Waals surface area contributed by atoms with Crippen molar-refractivity contribution in [2.75, 3.05) is 12.8 Å². The van der Waals surface area contributed by atoms with Gasteiger partial charge in [0, 0.05) is 27.7 Å². The van der Waals surface area contributed by atoms with Crippen LogP contribution in [0.5, 0.6) is 0 Å². The van der Waals surface area contributed by atoms with Crippen molar-refractivity contribution in [1.82, 2.24) is 20.4 Å². The van der Waals surface area contributed by atoms with Crippen LogP contribution in [0.15, 0.2) is 63.6 Å². The first kappa shape index (κ1) is 20.5. The number of halogens is 1. The van der Waals surface area contributed by atoms with Gasteiger partial charge >= 0.3 is 6.03 Å². The molecule has 0 radical (unpaired) electrons. The largest absolute Gasteiger partial charge is 0.334 e. The normalized spacial score (nSPS) is 16.7. The molecule has 0 aliphatic carbocycles. The van der Waals surface area contributed by atoms with Crippen molar-refractivity contribution in [1.29, 1.82) is 0 Å². The molecule has 6 nitrogen and oxygen atoms in total. The Labute approximate surface area is 184 Å². The van der Waals surface area contributed by atoms with Crippen molar-refractivity contribution in [2.45, 2.75) is 24.8 Å². The van der Waals surface area contributed by atoms with E-state index in [2.05, 4.69) is 15.5 Å². The molecule has 0 saturated carbocycles. The Kier molecular flexibility index (Phi) is 5.83. The Balaban J connectivity index is 1.78. The number of rotatable bonds is 5. The Morgan fingerprint density at radius 2 is 1.87 bits per heavy atom. The fraction of sp³-hybridized carbons (Fsp3) is 0.227. The number of aromatic nitrogens is 2. The lowest BCUT2D eigenvalue weighted by molar-refractivity contribution is 0.207. The summed E-state index contributed by atoms with van der Waals surface area (Å²) in [5.74, 6) is 0.891. The number of benzene rings is 2. The predicted molar refractivity (Wildman–Crippen MR) is 119 cm³/mol. The maximum Gasteiger partial charge on any atom is 0.322 e. The lowest BCUT2D eigenvalue weighted by atomic mass is 9.95. The molecule has 0 bridgehead atoms. The van der Waals surface area contributed by atoms with Gasteiger partial charge in [0.25, 0.3) is 5.89 Å². The highest BCUT2D eigenvalue weighted by Gasteiger charge is 2.35. The van der Waals surface area contributed by atoms with Crippen LogP contribution >= 0.6 is 23.4 Å². The van der Waals surface area contributed by atoms with Crippen molar-refractivity contribution >= 4 is 35.0 Å². The van der Waals surface area contributed by atoms with Crippen molar-refractivity contribution in [2.24, 2.45) is 0 Å². The van der Waals surface area contributed by atoms with E-state index in [1.165, 1.54) is 0 Å². The Morgan fingerprint density at radius 1 is 1.17 bits per heavy atom. The molecule has 8 heteroatoms. The number of urea groups is 1. The van der Waals surface area contributed by atoms with Crippen molar-refractivity contribution in [3.05, 3.63) is 70.7 Å². The number of allylic oxidation sites excluding steroid dienone is 1. The Bertz CT molecular complexity index is 1090. The van der Waals surface area contributed by atoms with Gasteiger partial charge in [0.2, 0.25) is 5.82 Å². The minimum absolute atomic E-state index is 0.161. The van der Waals surface area contributed by atoms with Gasteiger partial charge in [0.05, 0.1) is 11.6 Å². The SMILES string of the molecule is CCN1C(=O)NC(c2ccc(Cl)cc2)C(c2nc(-c3ccc(SC)cc3)no2)=C1C. The molecule has 30 heavy (non-hydrogen) atoms. The van der Waals surface area contributed by atoms with Crippen LogP contribution in [0.25, 0.3) is 17.0 Å². The van der Waals surface area contributed by atoms with Gasteiger partial charge in [-0.1, -0.05) is 28.9 Å². The molecule has 3 aromatic rings. The second kappa shape index (κ2) is 8.53. The van der Waals surface area contributed by atoms with Crippen molar-refractivity contribution < 1.29 is 9.32 Å². The summed E-state index contributed by atoms with van der Waals surface area (Å²) in [6.45, 7) is 4.36. The van der Waals surface area contributed by atoms with E-state index >= 15 is 0 Å². The maximum absolute atomic E-state index is 12.6. The van der Waals surface area contributed by atoms with E-state index in [1.54, 1.807) is 28.8 Å². The molecule has 0 saturated heterocycles. The second-order valence-corrected chi connectivity index (χ2v) is 8.15. The minimum atomic E-state index is -0.412. The summed E-state index contributed by atoms with van der Waals surface area (Å²) >= 11 is 7.73. The first-order chi connectivity index (χ1) is 14.5. The van der Waals surface area contributed by atoms with Gasteiger partial charge < -0.3 is 9.84 Å². The van der Waals surface area contributed by atoms with Crippen LogP contribution in [0.2, 0.25) is 5.02 Å². The number of nitrogens with zero attached hydrogens (tertiary/aromatic N) is 3. The van der Waals surface area contributed by atoms with E-state index in [-0.39, 0.29) is 6.03 Å². The summed E-state index contributed by atoms with van der Waals surface area (Å²) in [5.41, 5.74) is 3.32. The quantitative estimate of drug-likeness (QED) is 0.520.